The van der Waals surface area contributed by atoms with E-state index in [1.807, 2.05) is 0 Å². The van der Waals surface area contributed by atoms with Crippen molar-refractivity contribution in [1.29, 1.82) is 0 Å². The fourth-order valence-electron chi connectivity index (χ4n) is 3.35. The van der Waals surface area contributed by atoms with Crippen molar-refractivity contribution in [3.63, 3.8) is 0 Å². The molecule has 0 bridgehead atoms. The van der Waals surface area contributed by atoms with Gasteiger partial charge in [-0.3, -0.25) is 0 Å². The second-order valence-electron chi connectivity index (χ2n) is 6.86. The van der Waals surface area contributed by atoms with Crippen LogP contribution < -0.4 is 5.63 Å². The average Bonchev–Trinajstić information content (AvgIpc) is 3.44. The van der Waals surface area contributed by atoms with Crippen LogP contribution in [0.15, 0.2) is 67.3 Å². The molecule has 31 heavy (non-hydrogen) atoms. The summed E-state index contributed by atoms with van der Waals surface area (Å²) in [6.45, 7) is 0. The summed E-state index contributed by atoms with van der Waals surface area (Å²) >= 11 is -5.03. The maximum atomic E-state index is 14.5. The van der Waals surface area contributed by atoms with Crippen molar-refractivity contribution in [1.82, 2.24) is 0 Å². The van der Waals surface area contributed by atoms with Gasteiger partial charge in [0.05, 0.1) is 0 Å². The first kappa shape index (κ1) is 21.7. The number of hydrogen-bond donors (Lipinski definition) is 0. The SMILES string of the molecule is Fc1cc(F)c([O][Zr]([O]c2cc(F)c(F)cc2F)([C]2=CC=CC2)[C]2=CC=CC2)cc1F. The van der Waals surface area contributed by atoms with Crippen LogP contribution in [0.4, 0.5) is 26.3 Å². The third kappa shape index (κ3) is 4.16. The second kappa shape index (κ2) is 8.54. The molecule has 2 aliphatic carbocycles. The van der Waals surface area contributed by atoms with E-state index in [9.17, 15) is 26.3 Å². The van der Waals surface area contributed by atoms with Gasteiger partial charge in [0.15, 0.2) is 0 Å². The number of allylic oxidation sites excluding steroid dienone is 8. The van der Waals surface area contributed by atoms with Crippen LogP contribution in [-0.4, -0.2) is 0 Å². The van der Waals surface area contributed by atoms with Gasteiger partial charge in [0.1, 0.15) is 0 Å². The molecule has 0 heterocycles. The van der Waals surface area contributed by atoms with E-state index in [2.05, 4.69) is 0 Å². The van der Waals surface area contributed by atoms with E-state index < -0.39 is 67.5 Å². The summed E-state index contributed by atoms with van der Waals surface area (Å²) in [6, 6.07) is 1.77. The van der Waals surface area contributed by atoms with Crippen LogP contribution in [0.5, 0.6) is 11.5 Å². The zero-order valence-corrected chi connectivity index (χ0v) is 18.2. The molecule has 160 valence electrons. The van der Waals surface area contributed by atoms with Crippen LogP contribution in [0.25, 0.3) is 0 Å². The van der Waals surface area contributed by atoms with Crippen molar-refractivity contribution in [2.45, 2.75) is 12.8 Å². The standard InChI is InChI=1S/2C6H3F3O.2C5H5.Zr/c2*7-3-1-5(9)6(10)2-4(3)8;2*1-2-4-5-3-1;/h2*1-2,10H;2*1-3H,4H2;/q;;;;+2/p-2. The summed E-state index contributed by atoms with van der Waals surface area (Å²) in [5.74, 6) is -9.06. The van der Waals surface area contributed by atoms with E-state index in [4.69, 9.17) is 5.63 Å². The molecular weight excluding hydrogens is 501 g/mol. The molecule has 0 saturated heterocycles. The zero-order valence-electron chi connectivity index (χ0n) is 15.8. The predicted octanol–water partition coefficient (Wildman–Crippen LogP) is 6.65. The summed E-state index contributed by atoms with van der Waals surface area (Å²) in [7, 11) is 0. The Morgan fingerprint density at radius 3 is 1.29 bits per heavy atom. The molecule has 0 spiro atoms. The van der Waals surface area contributed by atoms with Crippen LogP contribution in [0.3, 0.4) is 0 Å². The summed E-state index contributed by atoms with van der Waals surface area (Å²) in [6.07, 6.45) is 10.9. The second-order valence-corrected chi connectivity index (χ2v) is 14.1. The molecule has 0 fully saturated rings. The molecule has 4 rings (SSSR count). The molecule has 0 saturated carbocycles. The number of hydrogen-bond acceptors (Lipinski definition) is 2. The van der Waals surface area contributed by atoms with Crippen LogP contribution in [0.2, 0.25) is 0 Å². The van der Waals surface area contributed by atoms with Crippen molar-refractivity contribution >= 4 is 0 Å². The monoisotopic (exact) mass is 514 g/mol. The van der Waals surface area contributed by atoms with Gasteiger partial charge < -0.3 is 0 Å². The molecule has 2 aromatic carbocycles. The van der Waals surface area contributed by atoms with Gasteiger partial charge in [-0.2, -0.15) is 0 Å². The summed E-state index contributed by atoms with van der Waals surface area (Å²) < 4.78 is 96.5. The Hall–Kier alpha value is -2.54. The Balaban J connectivity index is 1.87. The third-order valence-electron chi connectivity index (χ3n) is 4.84. The van der Waals surface area contributed by atoms with Crippen LogP contribution >= 0.6 is 0 Å². The number of benzene rings is 2. The van der Waals surface area contributed by atoms with Crippen LogP contribution in [-0.2, 0) is 21.1 Å². The van der Waals surface area contributed by atoms with Gasteiger partial charge in [-0.1, -0.05) is 0 Å². The molecule has 2 nitrogen and oxygen atoms in total. The minimum absolute atomic E-state index is 0.323. The molecule has 9 heteroatoms. The number of rotatable bonds is 6. The van der Waals surface area contributed by atoms with E-state index >= 15 is 0 Å². The van der Waals surface area contributed by atoms with Crippen molar-refractivity contribution in [3.8, 4) is 11.5 Å². The van der Waals surface area contributed by atoms with E-state index in [0.717, 1.165) is 0 Å². The molecule has 0 aliphatic heterocycles. The first-order valence-electron chi connectivity index (χ1n) is 9.19. The first-order chi connectivity index (χ1) is 14.8. The van der Waals surface area contributed by atoms with Gasteiger partial charge >= 0.3 is 180 Å². The summed E-state index contributed by atoms with van der Waals surface area (Å²) in [4.78, 5) is 0. The van der Waals surface area contributed by atoms with Gasteiger partial charge in [-0.05, 0) is 0 Å². The average molecular weight is 516 g/mol. The fourth-order valence-corrected chi connectivity index (χ4v) is 11.5. The molecule has 0 radical (unpaired) electrons. The van der Waals surface area contributed by atoms with E-state index in [1.165, 1.54) is 0 Å². The normalized spacial score (nSPS) is 15.3. The Kier molecular flexibility index (Phi) is 5.97. The van der Waals surface area contributed by atoms with Crippen LogP contribution in [0, 0.1) is 34.9 Å². The van der Waals surface area contributed by atoms with Crippen molar-refractivity contribution in [3.05, 3.63) is 102 Å². The van der Waals surface area contributed by atoms with Gasteiger partial charge in [-0.25, -0.2) is 0 Å². The quantitative estimate of drug-likeness (QED) is 0.317. The van der Waals surface area contributed by atoms with Crippen LogP contribution in [0.1, 0.15) is 12.8 Å². The molecule has 0 N–H and O–H groups in total. The van der Waals surface area contributed by atoms with Gasteiger partial charge in [0.25, 0.3) is 0 Å². The molecular formula is C22H14F6O2Zr. The summed E-state index contributed by atoms with van der Waals surface area (Å²) in [5, 5.41) is 0. The molecule has 0 atom stereocenters. The van der Waals surface area contributed by atoms with Gasteiger partial charge in [-0.15, -0.1) is 0 Å². The Morgan fingerprint density at radius 1 is 0.548 bits per heavy atom. The molecule has 2 aromatic rings. The van der Waals surface area contributed by atoms with Gasteiger partial charge in [0.2, 0.25) is 0 Å². The topological polar surface area (TPSA) is 18.5 Å². The zero-order chi connectivity index (χ0) is 22.2. The molecule has 0 amide bonds. The molecule has 0 aromatic heterocycles. The maximum absolute atomic E-state index is 14.5. The first-order valence-corrected chi connectivity index (χ1v) is 13.7. The fraction of sp³-hybridized carbons (Fsp3) is 0.0909. The van der Waals surface area contributed by atoms with Crippen molar-refractivity contribution in [2.75, 3.05) is 0 Å². The minimum atomic E-state index is -5.03. The molecule has 2 aliphatic rings. The van der Waals surface area contributed by atoms with E-state index in [-0.39, 0.29) is 0 Å². The van der Waals surface area contributed by atoms with E-state index in [1.54, 1.807) is 36.5 Å². The Bertz CT molecular complexity index is 1080. The Labute approximate surface area is 179 Å². The van der Waals surface area contributed by atoms with Gasteiger partial charge in [0, 0.05) is 0 Å². The van der Waals surface area contributed by atoms with E-state index in [0.29, 0.717) is 43.7 Å². The third-order valence-corrected chi connectivity index (χ3v) is 13.3. The number of halogens is 6. The summed E-state index contributed by atoms with van der Waals surface area (Å²) in [5.41, 5.74) is 0. The van der Waals surface area contributed by atoms with Crippen molar-refractivity contribution in [2.24, 2.45) is 0 Å². The predicted molar refractivity (Wildman–Crippen MR) is 97.6 cm³/mol. The van der Waals surface area contributed by atoms with Crippen molar-refractivity contribution < 1.29 is 53.1 Å². The Morgan fingerprint density at radius 2 is 0.935 bits per heavy atom. The molecule has 0 unspecified atom stereocenters.